The zero-order chi connectivity index (χ0) is 14.3. The molecular weight excluding hydrogens is 244 g/mol. The summed E-state index contributed by atoms with van der Waals surface area (Å²) in [6.45, 7) is 4.74. The lowest BCUT2D eigenvalue weighted by Crippen LogP contribution is -2.28. The van der Waals surface area contributed by atoms with Gasteiger partial charge in [0.2, 0.25) is 0 Å². The van der Waals surface area contributed by atoms with E-state index in [0.717, 1.165) is 12.5 Å². The van der Waals surface area contributed by atoms with Crippen LogP contribution in [0.3, 0.4) is 0 Å². The molecule has 0 saturated carbocycles. The topological polar surface area (TPSA) is 79.3 Å². The smallest absolute Gasteiger partial charge is 0.328 e. The lowest BCUT2D eigenvalue weighted by Gasteiger charge is -2.10. The van der Waals surface area contributed by atoms with Gasteiger partial charge in [-0.05, 0) is 23.6 Å². The highest BCUT2D eigenvalue weighted by Gasteiger charge is 2.07. The van der Waals surface area contributed by atoms with E-state index < -0.39 is 5.97 Å². The number of amides is 1. The van der Waals surface area contributed by atoms with Gasteiger partial charge in [-0.15, -0.1) is 0 Å². The van der Waals surface area contributed by atoms with Crippen molar-refractivity contribution < 1.29 is 14.7 Å². The number of nitrogens with one attached hydrogen (secondary N) is 1. The number of hydrogen-bond acceptors (Lipinski definition) is 3. The Balaban J connectivity index is 2.70. The molecule has 0 bridgehead atoms. The third-order valence-electron chi connectivity index (χ3n) is 2.75. The van der Waals surface area contributed by atoms with Gasteiger partial charge in [-0.25, -0.2) is 4.79 Å². The van der Waals surface area contributed by atoms with Crippen molar-refractivity contribution in [3.05, 3.63) is 35.7 Å². The molecule has 0 aliphatic rings. The van der Waals surface area contributed by atoms with Gasteiger partial charge >= 0.3 is 5.97 Å². The van der Waals surface area contributed by atoms with E-state index in [1.165, 1.54) is 18.5 Å². The lowest BCUT2D eigenvalue weighted by atomic mass is 10.1. The van der Waals surface area contributed by atoms with Crippen molar-refractivity contribution in [2.75, 3.05) is 6.54 Å². The molecule has 0 aliphatic heterocycles. The molecule has 1 aromatic heterocycles. The summed E-state index contributed by atoms with van der Waals surface area (Å²) < 4.78 is 0. The number of carboxylic acid groups (broad SMARTS) is 1. The van der Waals surface area contributed by atoms with Gasteiger partial charge in [0.15, 0.2) is 0 Å². The average molecular weight is 262 g/mol. The van der Waals surface area contributed by atoms with E-state index in [2.05, 4.69) is 24.1 Å². The number of aliphatic carboxylic acids is 1. The summed E-state index contributed by atoms with van der Waals surface area (Å²) in [5.74, 6) is -0.808. The Morgan fingerprint density at radius 3 is 2.84 bits per heavy atom. The molecule has 0 saturated heterocycles. The molecule has 0 spiro atoms. The first-order valence-corrected chi connectivity index (χ1v) is 6.17. The van der Waals surface area contributed by atoms with Gasteiger partial charge < -0.3 is 10.4 Å². The molecule has 1 heterocycles. The summed E-state index contributed by atoms with van der Waals surface area (Å²) in [4.78, 5) is 26.2. The zero-order valence-corrected chi connectivity index (χ0v) is 11.1. The van der Waals surface area contributed by atoms with Crippen LogP contribution in [0, 0.1) is 5.92 Å². The minimum Gasteiger partial charge on any atom is -0.478 e. The minimum atomic E-state index is -1.04. The van der Waals surface area contributed by atoms with Gasteiger partial charge in [-0.1, -0.05) is 20.3 Å². The number of rotatable bonds is 6. The van der Waals surface area contributed by atoms with Crippen molar-refractivity contribution in [2.45, 2.75) is 20.3 Å². The van der Waals surface area contributed by atoms with Crippen LogP contribution >= 0.6 is 0 Å². The van der Waals surface area contributed by atoms with Gasteiger partial charge in [0.1, 0.15) is 0 Å². The molecule has 1 unspecified atom stereocenters. The van der Waals surface area contributed by atoms with Crippen molar-refractivity contribution in [3.63, 3.8) is 0 Å². The number of pyridine rings is 1. The summed E-state index contributed by atoms with van der Waals surface area (Å²) in [6.07, 6.45) is 6.38. The molecule has 0 radical (unpaired) electrons. The maximum atomic E-state index is 11.9. The second-order valence-electron chi connectivity index (χ2n) is 4.40. The molecule has 2 N–H and O–H groups in total. The Labute approximate surface area is 112 Å². The SMILES string of the molecule is CCC(C)CNC(=O)c1cncc(C=CC(=O)O)c1. The number of nitrogens with zero attached hydrogens (tertiary/aromatic N) is 1. The Kier molecular flexibility index (Phi) is 5.73. The monoisotopic (exact) mass is 262 g/mol. The number of hydrogen-bond donors (Lipinski definition) is 2. The molecule has 0 aromatic carbocycles. The maximum absolute atomic E-state index is 11.9. The van der Waals surface area contributed by atoms with E-state index in [1.54, 1.807) is 6.07 Å². The molecule has 19 heavy (non-hydrogen) atoms. The van der Waals surface area contributed by atoms with Crippen molar-refractivity contribution >= 4 is 18.0 Å². The summed E-state index contributed by atoms with van der Waals surface area (Å²) in [5.41, 5.74) is 1.01. The van der Waals surface area contributed by atoms with Crippen molar-refractivity contribution in [2.24, 2.45) is 5.92 Å². The van der Waals surface area contributed by atoms with Gasteiger partial charge in [-0.2, -0.15) is 0 Å². The third-order valence-corrected chi connectivity index (χ3v) is 2.75. The second kappa shape index (κ2) is 7.31. The first-order valence-electron chi connectivity index (χ1n) is 6.17. The highest BCUT2D eigenvalue weighted by molar-refractivity contribution is 5.94. The first kappa shape index (κ1) is 14.9. The molecule has 5 nitrogen and oxygen atoms in total. The fraction of sp³-hybridized carbons (Fsp3) is 0.357. The second-order valence-corrected chi connectivity index (χ2v) is 4.40. The number of carbonyl (C=O) groups is 2. The molecule has 5 heteroatoms. The fourth-order valence-corrected chi connectivity index (χ4v) is 1.35. The van der Waals surface area contributed by atoms with Crippen molar-refractivity contribution in [1.82, 2.24) is 10.3 Å². The van der Waals surface area contributed by atoms with Gasteiger partial charge in [0.05, 0.1) is 5.56 Å². The maximum Gasteiger partial charge on any atom is 0.328 e. The molecule has 0 aliphatic carbocycles. The minimum absolute atomic E-state index is 0.196. The quantitative estimate of drug-likeness (QED) is 0.768. The lowest BCUT2D eigenvalue weighted by molar-refractivity contribution is -0.131. The Morgan fingerprint density at radius 1 is 1.47 bits per heavy atom. The molecular formula is C14H18N2O3. The van der Waals surface area contributed by atoms with E-state index in [1.807, 2.05) is 0 Å². The van der Waals surface area contributed by atoms with E-state index in [4.69, 9.17) is 5.11 Å². The van der Waals surface area contributed by atoms with E-state index in [-0.39, 0.29) is 5.91 Å². The van der Waals surface area contributed by atoms with E-state index >= 15 is 0 Å². The van der Waals surface area contributed by atoms with Crippen LogP contribution in [0.2, 0.25) is 0 Å². The van der Waals surface area contributed by atoms with Crippen LogP contribution in [-0.2, 0) is 4.79 Å². The van der Waals surface area contributed by atoms with Crippen molar-refractivity contribution in [1.29, 1.82) is 0 Å². The number of carboxylic acids is 1. The van der Waals surface area contributed by atoms with Gasteiger partial charge in [-0.3, -0.25) is 9.78 Å². The predicted octanol–water partition coefficient (Wildman–Crippen LogP) is 1.96. The average Bonchev–Trinajstić information content (AvgIpc) is 2.42. The van der Waals surface area contributed by atoms with Crippen LogP contribution in [0.25, 0.3) is 6.08 Å². The Bertz CT molecular complexity index is 483. The molecule has 1 rings (SSSR count). The zero-order valence-electron chi connectivity index (χ0n) is 11.1. The van der Waals surface area contributed by atoms with E-state index in [0.29, 0.717) is 23.6 Å². The summed E-state index contributed by atoms with van der Waals surface area (Å²) in [5, 5.41) is 11.4. The number of aromatic nitrogens is 1. The van der Waals surface area contributed by atoms with Gasteiger partial charge in [0.25, 0.3) is 5.91 Å². The highest BCUT2D eigenvalue weighted by Crippen LogP contribution is 2.05. The fourth-order valence-electron chi connectivity index (χ4n) is 1.35. The molecule has 102 valence electrons. The molecule has 1 atom stereocenters. The van der Waals surface area contributed by atoms with Crippen LogP contribution in [-0.4, -0.2) is 28.5 Å². The summed E-state index contributed by atoms with van der Waals surface area (Å²) in [7, 11) is 0. The van der Waals surface area contributed by atoms with Crippen LogP contribution in [0.4, 0.5) is 0 Å². The van der Waals surface area contributed by atoms with Crippen LogP contribution in [0.1, 0.15) is 36.2 Å². The Morgan fingerprint density at radius 2 is 2.21 bits per heavy atom. The summed E-state index contributed by atoms with van der Waals surface area (Å²) >= 11 is 0. The van der Waals surface area contributed by atoms with E-state index in [9.17, 15) is 9.59 Å². The number of carbonyl (C=O) groups excluding carboxylic acids is 1. The Hall–Kier alpha value is -2.17. The normalized spacial score (nSPS) is 12.3. The van der Waals surface area contributed by atoms with Crippen molar-refractivity contribution in [3.8, 4) is 0 Å². The predicted molar refractivity (Wildman–Crippen MR) is 72.7 cm³/mol. The van der Waals surface area contributed by atoms with Crippen LogP contribution < -0.4 is 5.32 Å². The molecule has 1 aromatic rings. The van der Waals surface area contributed by atoms with Crippen LogP contribution in [0.5, 0.6) is 0 Å². The highest BCUT2D eigenvalue weighted by atomic mass is 16.4. The third kappa shape index (κ3) is 5.33. The molecule has 1 amide bonds. The summed E-state index contributed by atoms with van der Waals surface area (Å²) in [6, 6.07) is 1.61. The largest absolute Gasteiger partial charge is 0.478 e. The van der Waals surface area contributed by atoms with Crippen LogP contribution in [0.15, 0.2) is 24.5 Å². The molecule has 0 fully saturated rings. The van der Waals surface area contributed by atoms with Gasteiger partial charge in [0, 0.05) is 25.0 Å². The standard InChI is InChI=1S/C14H18N2O3/c1-3-10(2)7-16-14(19)12-6-11(8-15-9-12)4-5-13(17)18/h4-6,8-10H,3,7H2,1-2H3,(H,16,19)(H,17,18). The first-order chi connectivity index (χ1) is 9.02.